The van der Waals surface area contributed by atoms with E-state index in [1.807, 2.05) is 6.07 Å². The first-order valence-electron chi connectivity index (χ1n) is 7.60. The zero-order valence-electron chi connectivity index (χ0n) is 12.4. The summed E-state index contributed by atoms with van der Waals surface area (Å²) in [6.07, 6.45) is 2.47. The minimum absolute atomic E-state index is 0.209. The fourth-order valence-corrected chi connectivity index (χ4v) is 4.17. The molecule has 1 aliphatic heterocycles. The van der Waals surface area contributed by atoms with Crippen LogP contribution >= 0.6 is 11.8 Å². The van der Waals surface area contributed by atoms with Gasteiger partial charge in [0.2, 0.25) is 0 Å². The predicted octanol–water partition coefficient (Wildman–Crippen LogP) is 2.02. The number of hydrogen-bond donors (Lipinski definition) is 3. The molecule has 2 amide bonds. The molecule has 0 spiro atoms. The van der Waals surface area contributed by atoms with Gasteiger partial charge in [-0.15, -0.1) is 0 Å². The van der Waals surface area contributed by atoms with Crippen LogP contribution in [0.3, 0.4) is 0 Å². The van der Waals surface area contributed by atoms with Gasteiger partial charge in [0, 0.05) is 24.3 Å². The highest BCUT2D eigenvalue weighted by Gasteiger charge is 2.46. The Morgan fingerprint density at radius 2 is 1.95 bits per heavy atom. The van der Waals surface area contributed by atoms with Crippen molar-refractivity contribution in [2.45, 2.75) is 30.3 Å². The average Bonchev–Trinajstić information content (AvgIpc) is 3.18. The molecule has 1 atom stereocenters. The molecule has 3 rings (SSSR count). The van der Waals surface area contributed by atoms with Crippen LogP contribution in [0, 0.1) is 5.82 Å². The first-order chi connectivity index (χ1) is 10.5. The highest BCUT2D eigenvalue weighted by molar-refractivity contribution is 7.99. The van der Waals surface area contributed by atoms with Gasteiger partial charge in [0.15, 0.2) is 0 Å². The lowest BCUT2D eigenvalue weighted by Gasteiger charge is -2.22. The molecule has 3 N–H and O–H groups in total. The molecule has 1 aromatic rings. The Morgan fingerprint density at radius 3 is 2.59 bits per heavy atom. The Kier molecular flexibility index (Phi) is 4.32. The first kappa shape index (κ1) is 15.6. The fourth-order valence-electron chi connectivity index (χ4n) is 2.88. The van der Waals surface area contributed by atoms with E-state index in [1.54, 1.807) is 23.9 Å². The van der Waals surface area contributed by atoms with Crippen molar-refractivity contribution >= 4 is 17.8 Å². The van der Waals surface area contributed by atoms with Gasteiger partial charge in [-0.05, 0) is 36.6 Å². The summed E-state index contributed by atoms with van der Waals surface area (Å²) < 4.78 is 13.9. The quantitative estimate of drug-likeness (QED) is 0.776. The number of amides is 2. The summed E-state index contributed by atoms with van der Waals surface area (Å²) in [5.74, 6) is 1.38. The van der Waals surface area contributed by atoms with Crippen molar-refractivity contribution in [2.24, 2.45) is 0 Å². The van der Waals surface area contributed by atoms with Crippen molar-refractivity contribution in [2.75, 3.05) is 24.6 Å². The molecule has 120 valence electrons. The number of carbonyl (C=O) groups excluding carboxylic acids is 1. The maximum absolute atomic E-state index is 13.9. The fraction of sp³-hybridized carbons (Fsp3) is 0.562. The normalized spacial score (nSPS) is 25.7. The molecular formula is C16H21FN2O2S. The van der Waals surface area contributed by atoms with Crippen LogP contribution in [0.25, 0.3) is 0 Å². The third-order valence-electron chi connectivity index (χ3n) is 4.55. The summed E-state index contributed by atoms with van der Waals surface area (Å²) in [5.41, 5.74) is -0.366. The summed E-state index contributed by atoms with van der Waals surface area (Å²) in [4.78, 5) is 11.9. The summed E-state index contributed by atoms with van der Waals surface area (Å²) >= 11 is 1.70. The van der Waals surface area contributed by atoms with E-state index in [-0.39, 0.29) is 23.8 Å². The molecule has 0 unspecified atom stereocenters. The van der Waals surface area contributed by atoms with E-state index in [9.17, 15) is 14.3 Å². The zero-order chi connectivity index (χ0) is 15.6. The van der Waals surface area contributed by atoms with E-state index in [2.05, 4.69) is 10.6 Å². The van der Waals surface area contributed by atoms with Gasteiger partial charge in [0.1, 0.15) is 5.82 Å². The van der Waals surface area contributed by atoms with Crippen molar-refractivity contribution < 1.29 is 14.3 Å². The lowest BCUT2D eigenvalue weighted by atomic mass is 9.95. The molecule has 0 aromatic heterocycles. The molecular weight excluding hydrogens is 303 g/mol. The van der Waals surface area contributed by atoms with Crippen LogP contribution in [0.5, 0.6) is 0 Å². The SMILES string of the molecule is O=C(NCC1(c2ccccc2F)CC1)NC[C@@]1(O)CCSC1. The summed E-state index contributed by atoms with van der Waals surface area (Å²) in [7, 11) is 0. The van der Waals surface area contributed by atoms with Crippen LogP contribution in [-0.4, -0.2) is 41.3 Å². The van der Waals surface area contributed by atoms with Gasteiger partial charge in [0.25, 0.3) is 0 Å². The summed E-state index contributed by atoms with van der Waals surface area (Å²) in [6, 6.07) is 6.46. The van der Waals surface area contributed by atoms with Crippen molar-refractivity contribution in [3.05, 3.63) is 35.6 Å². The Bertz CT molecular complexity index is 557. The third kappa shape index (κ3) is 3.38. The van der Waals surface area contributed by atoms with Gasteiger partial charge in [0.05, 0.1) is 5.60 Å². The number of thioether (sulfide) groups is 1. The third-order valence-corrected chi connectivity index (χ3v) is 5.78. The lowest BCUT2D eigenvalue weighted by Crippen LogP contribution is -2.47. The Morgan fingerprint density at radius 1 is 1.23 bits per heavy atom. The molecule has 2 fully saturated rings. The maximum Gasteiger partial charge on any atom is 0.314 e. The van der Waals surface area contributed by atoms with Crippen molar-refractivity contribution in [1.82, 2.24) is 10.6 Å². The predicted molar refractivity (Wildman–Crippen MR) is 85.6 cm³/mol. The van der Waals surface area contributed by atoms with Crippen LogP contribution in [0.15, 0.2) is 24.3 Å². The van der Waals surface area contributed by atoms with Crippen LogP contribution in [-0.2, 0) is 5.41 Å². The largest absolute Gasteiger partial charge is 0.387 e. The summed E-state index contributed by atoms with van der Waals surface area (Å²) in [6.45, 7) is 0.686. The van der Waals surface area contributed by atoms with Gasteiger partial charge in [-0.2, -0.15) is 11.8 Å². The number of halogens is 1. The van der Waals surface area contributed by atoms with Gasteiger partial charge in [-0.1, -0.05) is 18.2 Å². The maximum atomic E-state index is 13.9. The standard InChI is InChI=1S/C16H21FN2O2S/c17-13-4-2-1-3-12(13)15(5-6-15)9-18-14(20)19-10-16(21)7-8-22-11-16/h1-4,21H,5-11H2,(H2,18,19,20)/t16-/m0/s1. The average molecular weight is 324 g/mol. The van der Waals surface area contributed by atoms with Gasteiger partial charge >= 0.3 is 6.03 Å². The molecule has 1 saturated heterocycles. The number of urea groups is 1. The minimum atomic E-state index is -0.787. The second kappa shape index (κ2) is 6.08. The van der Waals surface area contributed by atoms with Crippen molar-refractivity contribution in [3.8, 4) is 0 Å². The molecule has 1 saturated carbocycles. The topological polar surface area (TPSA) is 61.4 Å². The first-order valence-corrected chi connectivity index (χ1v) is 8.75. The van der Waals surface area contributed by atoms with Gasteiger partial charge < -0.3 is 15.7 Å². The second-order valence-electron chi connectivity index (χ2n) is 6.32. The summed E-state index contributed by atoms with van der Waals surface area (Å²) in [5, 5.41) is 15.7. The lowest BCUT2D eigenvalue weighted by molar-refractivity contribution is 0.0700. The van der Waals surface area contributed by atoms with Crippen LogP contribution < -0.4 is 10.6 Å². The Balaban J connectivity index is 1.50. The highest BCUT2D eigenvalue weighted by atomic mass is 32.2. The van der Waals surface area contributed by atoms with E-state index in [1.165, 1.54) is 6.07 Å². The second-order valence-corrected chi connectivity index (χ2v) is 7.43. The minimum Gasteiger partial charge on any atom is -0.387 e. The smallest absolute Gasteiger partial charge is 0.314 e. The van der Waals surface area contributed by atoms with E-state index in [0.29, 0.717) is 24.3 Å². The number of hydrogen-bond acceptors (Lipinski definition) is 3. The Hall–Kier alpha value is -1.27. The van der Waals surface area contributed by atoms with Crippen LogP contribution in [0.2, 0.25) is 0 Å². The highest BCUT2D eigenvalue weighted by Crippen LogP contribution is 2.48. The van der Waals surface area contributed by atoms with Crippen LogP contribution in [0.4, 0.5) is 9.18 Å². The van der Waals surface area contributed by atoms with Gasteiger partial charge in [-0.3, -0.25) is 0 Å². The molecule has 1 aromatic carbocycles. The Labute approximate surface area is 133 Å². The van der Waals surface area contributed by atoms with Crippen molar-refractivity contribution in [1.29, 1.82) is 0 Å². The molecule has 6 heteroatoms. The van der Waals surface area contributed by atoms with E-state index < -0.39 is 5.60 Å². The van der Waals surface area contributed by atoms with E-state index in [4.69, 9.17) is 0 Å². The number of rotatable bonds is 5. The van der Waals surface area contributed by atoms with Crippen LogP contribution in [0.1, 0.15) is 24.8 Å². The van der Waals surface area contributed by atoms with Gasteiger partial charge in [-0.25, -0.2) is 9.18 Å². The monoisotopic (exact) mass is 324 g/mol. The molecule has 22 heavy (non-hydrogen) atoms. The van der Waals surface area contributed by atoms with Crippen molar-refractivity contribution in [3.63, 3.8) is 0 Å². The number of nitrogens with one attached hydrogen (secondary N) is 2. The molecule has 0 bridgehead atoms. The molecule has 1 heterocycles. The number of aliphatic hydroxyl groups is 1. The molecule has 1 aliphatic carbocycles. The molecule has 0 radical (unpaired) electrons. The van der Waals surface area contributed by atoms with E-state index >= 15 is 0 Å². The number of benzene rings is 1. The van der Waals surface area contributed by atoms with E-state index in [0.717, 1.165) is 18.6 Å². The number of carbonyl (C=O) groups is 1. The molecule has 2 aliphatic rings. The zero-order valence-corrected chi connectivity index (χ0v) is 13.2. The molecule has 4 nitrogen and oxygen atoms in total.